The number of aryl methyl sites for hydroxylation is 1. The molecule has 0 N–H and O–H groups in total. The van der Waals surface area contributed by atoms with E-state index in [1.165, 1.54) is 9.13 Å². The van der Waals surface area contributed by atoms with Gasteiger partial charge in [-0.05, 0) is 64.9 Å². The second kappa shape index (κ2) is 6.19. The van der Waals surface area contributed by atoms with Crippen molar-refractivity contribution < 1.29 is 4.79 Å². The van der Waals surface area contributed by atoms with Gasteiger partial charge < -0.3 is 0 Å². The first-order valence-electron chi connectivity index (χ1n) is 6.27. The molecule has 0 atom stereocenters. The van der Waals surface area contributed by atoms with Crippen molar-refractivity contribution in [3.05, 3.63) is 57.7 Å². The highest BCUT2D eigenvalue weighted by Crippen LogP contribution is 2.28. The summed E-state index contributed by atoms with van der Waals surface area (Å²) in [6.07, 6.45) is 0.965. The number of hydrogen-bond acceptors (Lipinski definition) is 1. The number of carbonyl (C=O) groups excluding carboxylic acids is 1. The molecule has 0 unspecified atom stereocenters. The average Bonchev–Trinajstić information content (AvgIpc) is 2.41. The quantitative estimate of drug-likeness (QED) is 0.732. The Hall–Kier alpha value is -1.36. The SMILES string of the molecule is CCc1cc(N(C(C)=O)c2ccccc2)ccc1I. The van der Waals surface area contributed by atoms with Crippen LogP contribution in [-0.4, -0.2) is 5.91 Å². The van der Waals surface area contributed by atoms with Gasteiger partial charge in [0, 0.05) is 21.9 Å². The van der Waals surface area contributed by atoms with Crippen LogP contribution in [0.5, 0.6) is 0 Å². The highest BCUT2D eigenvalue weighted by Gasteiger charge is 2.14. The van der Waals surface area contributed by atoms with Crippen molar-refractivity contribution >= 4 is 39.9 Å². The molecule has 0 radical (unpaired) electrons. The summed E-state index contributed by atoms with van der Waals surface area (Å²) >= 11 is 2.33. The third-order valence-electron chi connectivity index (χ3n) is 3.00. The normalized spacial score (nSPS) is 10.3. The topological polar surface area (TPSA) is 20.3 Å². The number of nitrogens with zero attached hydrogens (tertiary/aromatic N) is 1. The van der Waals surface area contributed by atoms with Crippen molar-refractivity contribution in [2.45, 2.75) is 20.3 Å². The Morgan fingerprint density at radius 3 is 2.37 bits per heavy atom. The summed E-state index contributed by atoms with van der Waals surface area (Å²) in [7, 11) is 0. The number of amides is 1. The summed E-state index contributed by atoms with van der Waals surface area (Å²) in [6.45, 7) is 3.72. The first-order chi connectivity index (χ1) is 9.13. The fraction of sp³-hybridized carbons (Fsp3) is 0.188. The molecule has 0 saturated heterocycles. The van der Waals surface area contributed by atoms with Crippen molar-refractivity contribution in [3.8, 4) is 0 Å². The van der Waals surface area contributed by atoms with Crippen LogP contribution < -0.4 is 4.90 Å². The smallest absolute Gasteiger partial charge is 0.228 e. The van der Waals surface area contributed by atoms with Gasteiger partial charge in [0.25, 0.3) is 0 Å². The van der Waals surface area contributed by atoms with E-state index in [1.54, 1.807) is 11.8 Å². The molecule has 0 aliphatic carbocycles. The van der Waals surface area contributed by atoms with Gasteiger partial charge in [0.15, 0.2) is 0 Å². The zero-order valence-corrected chi connectivity index (χ0v) is 13.2. The van der Waals surface area contributed by atoms with Crippen molar-refractivity contribution in [2.24, 2.45) is 0 Å². The predicted octanol–water partition coefficient (Wildman–Crippen LogP) is 4.54. The number of halogens is 1. The lowest BCUT2D eigenvalue weighted by atomic mass is 10.1. The van der Waals surface area contributed by atoms with E-state index in [9.17, 15) is 4.79 Å². The maximum absolute atomic E-state index is 12.0. The maximum atomic E-state index is 12.0. The summed E-state index contributed by atoms with van der Waals surface area (Å²) < 4.78 is 1.24. The van der Waals surface area contributed by atoms with Gasteiger partial charge in [-0.2, -0.15) is 0 Å². The van der Waals surface area contributed by atoms with E-state index in [0.717, 1.165) is 17.8 Å². The number of rotatable bonds is 3. The Morgan fingerprint density at radius 2 is 1.79 bits per heavy atom. The van der Waals surface area contributed by atoms with Crippen molar-refractivity contribution in [1.29, 1.82) is 0 Å². The zero-order chi connectivity index (χ0) is 13.8. The highest BCUT2D eigenvalue weighted by atomic mass is 127. The van der Waals surface area contributed by atoms with Crippen LogP contribution in [-0.2, 0) is 11.2 Å². The van der Waals surface area contributed by atoms with Gasteiger partial charge >= 0.3 is 0 Å². The Labute approximate surface area is 127 Å². The number of para-hydroxylation sites is 1. The van der Waals surface area contributed by atoms with Crippen LogP contribution in [0.3, 0.4) is 0 Å². The molecule has 0 aromatic heterocycles. The number of anilines is 2. The van der Waals surface area contributed by atoms with Gasteiger partial charge in [0.05, 0.1) is 0 Å². The molecule has 2 aromatic rings. The lowest BCUT2D eigenvalue weighted by Crippen LogP contribution is -2.22. The molecule has 2 aromatic carbocycles. The summed E-state index contributed by atoms with van der Waals surface area (Å²) in [5.74, 6) is 0.0226. The molecule has 2 nitrogen and oxygen atoms in total. The van der Waals surface area contributed by atoms with Crippen molar-refractivity contribution in [3.63, 3.8) is 0 Å². The molecule has 0 aliphatic heterocycles. The van der Waals surface area contributed by atoms with Crippen molar-refractivity contribution in [1.82, 2.24) is 0 Å². The predicted molar refractivity (Wildman–Crippen MR) is 87.8 cm³/mol. The van der Waals surface area contributed by atoms with Gasteiger partial charge in [-0.1, -0.05) is 25.1 Å². The van der Waals surface area contributed by atoms with E-state index in [-0.39, 0.29) is 5.91 Å². The Kier molecular flexibility index (Phi) is 4.58. The fourth-order valence-electron chi connectivity index (χ4n) is 2.06. The van der Waals surface area contributed by atoms with Gasteiger partial charge in [-0.25, -0.2) is 0 Å². The lowest BCUT2D eigenvalue weighted by molar-refractivity contribution is -0.115. The number of carbonyl (C=O) groups is 1. The summed E-state index contributed by atoms with van der Waals surface area (Å²) in [6, 6.07) is 15.9. The van der Waals surface area contributed by atoms with Gasteiger partial charge in [-0.15, -0.1) is 0 Å². The number of benzene rings is 2. The summed E-state index contributed by atoms with van der Waals surface area (Å²) in [5, 5.41) is 0. The van der Waals surface area contributed by atoms with Crippen LogP contribution in [0.2, 0.25) is 0 Å². The Balaban J connectivity index is 2.49. The standard InChI is InChI=1S/C16H16INO/c1-3-13-11-15(9-10-16(13)17)18(12(2)19)14-7-5-4-6-8-14/h4-11H,3H2,1-2H3. The van der Waals surface area contributed by atoms with Gasteiger partial charge in [0.2, 0.25) is 5.91 Å². The molecular formula is C16H16INO. The first kappa shape index (κ1) is 14.1. The molecule has 0 fully saturated rings. The van der Waals surface area contributed by atoms with Crippen LogP contribution >= 0.6 is 22.6 Å². The van der Waals surface area contributed by atoms with E-state index >= 15 is 0 Å². The lowest BCUT2D eigenvalue weighted by Gasteiger charge is -2.22. The van der Waals surface area contributed by atoms with Crippen LogP contribution in [0.4, 0.5) is 11.4 Å². The van der Waals surface area contributed by atoms with Gasteiger partial charge in [0.1, 0.15) is 0 Å². The second-order valence-corrected chi connectivity index (χ2v) is 5.48. The van der Waals surface area contributed by atoms with E-state index in [1.807, 2.05) is 36.4 Å². The molecule has 1 amide bonds. The highest BCUT2D eigenvalue weighted by molar-refractivity contribution is 14.1. The minimum atomic E-state index is 0.0226. The Bertz CT molecular complexity index is 581. The minimum Gasteiger partial charge on any atom is -0.281 e. The third-order valence-corrected chi connectivity index (χ3v) is 4.05. The van der Waals surface area contributed by atoms with Crippen molar-refractivity contribution in [2.75, 3.05) is 4.90 Å². The first-order valence-corrected chi connectivity index (χ1v) is 7.35. The van der Waals surface area contributed by atoms with Crippen LogP contribution in [0.15, 0.2) is 48.5 Å². The number of hydrogen-bond donors (Lipinski definition) is 0. The molecule has 0 heterocycles. The van der Waals surface area contributed by atoms with Crippen LogP contribution in [0, 0.1) is 3.57 Å². The molecule has 2 rings (SSSR count). The van der Waals surface area contributed by atoms with Crippen LogP contribution in [0.1, 0.15) is 19.4 Å². The zero-order valence-electron chi connectivity index (χ0n) is 11.1. The monoisotopic (exact) mass is 365 g/mol. The molecule has 19 heavy (non-hydrogen) atoms. The van der Waals surface area contributed by atoms with E-state index in [2.05, 4.69) is 41.6 Å². The maximum Gasteiger partial charge on any atom is 0.228 e. The van der Waals surface area contributed by atoms with E-state index < -0.39 is 0 Å². The third kappa shape index (κ3) is 3.15. The minimum absolute atomic E-state index is 0.0226. The molecule has 3 heteroatoms. The van der Waals surface area contributed by atoms with E-state index in [4.69, 9.17) is 0 Å². The molecule has 0 saturated carbocycles. The molecule has 0 spiro atoms. The summed E-state index contributed by atoms with van der Waals surface area (Å²) in [5.41, 5.74) is 3.09. The summed E-state index contributed by atoms with van der Waals surface area (Å²) in [4.78, 5) is 13.7. The second-order valence-electron chi connectivity index (χ2n) is 4.32. The Morgan fingerprint density at radius 1 is 1.11 bits per heavy atom. The molecule has 98 valence electrons. The average molecular weight is 365 g/mol. The van der Waals surface area contributed by atoms with Crippen LogP contribution in [0.25, 0.3) is 0 Å². The van der Waals surface area contributed by atoms with Gasteiger partial charge in [-0.3, -0.25) is 9.69 Å². The van der Waals surface area contributed by atoms with E-state index in [0.29, 0.717) is 0 Å². The molecular weight excluding hydrogens is 349 g/mol. The molecule has 0 bridgehead atoms. The molecule has 0 aliphatic rings. The largest absolute Gasteiger partial charge is 0.281 e. The fourth-order valence-corrected chi connectivity index (χ4v) is 2.78.